The molecule has 2 saturated heterocycles. The van der Waals surface area contributed by atoms with Gasteiger partial charge < -0.3 is 15.8 Å². The van der Waals surface area contributed by atoms with Gasteiger partial charge in [-0.05, 0) is 79.6 Å². The Kier molecular flexibility index (Phi) is 9.91. The molecule has 2 heterocycles. The number of piperazine rings is 1. The second kappa shape index (κ2) is 13.5. The predicted octanol–water partition coefficient (Wildman–Crippen LogP) is 4.28. The Morgan fingerprint density at radius 1 is 1.00 bits per heavy atom. The molecule has 0 bridgehead atoms. The summed E-state index contributed by atoms with van der Waals surface area (Å²) >= 11 is 0. The van der Waals surface area contributed by atoms with Crippen molar-refractivity contribution in [3.63, 3.8) is 0 Å². The molecule has 2 aliphatic heterocycles. The zero-order chi connectivity index (χ0) is 31.5. The van der Waals surface area contributed by atoms with Crippen LogP contribution in [0.15, 0.2) is 71.6 Å². The Hall–Kier alpha value is -3.09. The highest BCUT2D eigenvalue weighted by molar-refractivity contribution is 7.89. The molecule has 0 amide bonds. The van der Waals surface area contributed by atoms with E-state index in [1.165, 1.54) is 22.5 Å². The third-order valence-electron chi connectivity index (χ3n) is 9.06. The van der Waals surface area contributed by atoms with Crippen LogP contribution in [-0.4, -0.2) is 62.9 Å². The number of nitrogens with zero attached hydrogens (tertiary/aromatic N) is 1. The minimum absolute atomic E-state index is 0.161. The fourth-order valence-electron chi connectivity index (χ4n) is 6.66. The van der Waals surface area contributed by atoms with Crippen LogP contribution in [0, 0.1) is 17.5 Å². The van der Waals surface area contributed by atoms with Crippen LogP contribution in [0.3, 0.4) is 0 Å². The minimum Gasteiger partial charge on any atom is -0.381 e. The lowest BCUT2D eigenvalue weighted by Crippen LogP contribution is -2.58. The molecule has 2 aliphatic rings. The fourth-order valence-corrected chi connectivity index (χ4v) is 8.53. The minimum atomic E-state index is -3.80. The highest BCUT2D eigenvalue weighted by Crippen LogP contribution is 2.39. The van der Waals surface area contributed by atoms with Gasteiger partial charge in [0.1, 0.15) is 5.82 Å². The van der Waals surface area contributed by atoms with Crippen molar-refractivity contribution in [2.45, 2.75) is 67.5 Å². The summed E-state index contributed by atoms with van der Waals surface area (Å²) in [7, 11) is -3.80. The molecule has 11 heteroatoms. The van der Waals surface area contributed by atoms with Gasteiger partial charge in [-0.1, -0.05) is 36.4 Å². The number of nitrogens with two attached hydrogens (primary N) is 1. The van der Waals surface area contributed by atoms with Crippen molar-refractivity contribution in [3.05, 3.63) is 101 Å². The molecule has 0 spiro atoms. The number of carbonyl (C=O) groups is 1. The number of sulfonamides is 1. The number of nitrogens with one attached hydrogen (secondary N) is 1. The van der Waals surface area contributed by atoms with E-state index in [0.29, 0.717) is 62.3 Å². The Bertz CT molecular complexity index is 1580. The third-order valence-corrected chi connectivity index (χ3v) is 11.1. The van der Waals surface area contributed by atoms with Crippen molar-refractivity contribution in [3.8, 4) is 0 Å². The van der Waals surface area contributed by atoms with E-state index in [-0.39, 0.29) is 29.6 Å². The predicted molar refractivity (Wildman–Crippen MR) is 161 cm³/mol. The zero-order valence-electron chi connectivity index (χ0n) is 24.6. The highest BCUT2D eigenvalue weighted by Gasteiger charge is 2.44. The van der Waals surface area contributed by atoms with Crippen molar-refractivity contribution >= 4 is 15.8 Å². The third kappa shape index (κ3) is 6.48. The van der Waals surface area contributed by atoms with Gasteiger partial charge in [0.15, 0.2) is 17.4 Å². The summed E-state index contributed by atoms with van der Waals surface area (Å²) in [5.41, 5.74) is 6.87. The number of Topliss-reactive ketones (excluding diaryl/α,β-unsaturated/α-hetero) is 1. The number of benzene rings is 3. The van der Waals surface area contributed by atoms with E-state index in [9.17, 15) is 22.0 Å². The van der Waals surface area contributed by atoms with Crippen LogP contribution in [0.5, 0.6) is 0 Å². The second-order valence-electron chi connectivity index (χ2n) is 11.7. The molecule has 236 valence electrons. The van der Waals surface area contributed by atoms with Crippen LogP contribution in [0.2, 0.25) is 0 Å². The van der Waals surface area contributed by atoms with Crippen molar-refractivity contribution in [1.82, 2.24) is 9.62 Å². The first-order chi connectivity index (χ1) is 21.0. The van der Waals surface area contributed by atoms with Gasteiger partial charge in [-0.3, -0.25) is 4.79 Å². The molecule has 0 saturated carbocycles. The fraction of sp³-hybridized carbons (Fsp3) is 0.424. The van der Waals surface area contributed by atoms with Crippen LogP contribution in [0.4, 0.5) is 13.2 Å². The first kappa shape index (κ1) is 32.3. The Labute approximate surface area is 256 Å². The largest absolute Gasteiger partial charge is 0.381 e. The monoisotopic (exact) mass is 629 g/mol. The summed E-state index contributed by atoms with van der Waals surface area (Å²) in [6.45, 7) is 3.35. The van der Waals surface area contributed by atoms with E-state index >= 15 is 4.39 Å². The molecule has 3 aromatic rings. The van der Waals surface area contributed by atoms with Crippen LogP contribution < -0.4 is 11.1 Å². The Morgan fingerprint density at radius 2 is 1.73 bits per heavy atom. The summed E-state index contributed by atoms with van der Waals surface area (Å²) < 4.78 is 77.6. The molecule has 2 fully saturated rings. The Morgan fingerprint density at radius 3 is 2.43 bits per heavy atom. The average molecular weight is 630 g/mol. The molecular weight excluding hydrogens is 591 g/mol. The summed E-state index contributed by atoms with van der Waals surface area (Å²) in [6, 6.07) is 14.5. The normalized spacial score (nSPS) is 21.6. The van der Waals surface area contributed by atoms with E-state index in [0.717, 1.165) is 12.1 Å². The second-order valence-corrected chi connectivity index (χ2v) is 13.6. The SMILES string of the molecule is C[C@H]1CNC[C@H](CCc2c(F)cccc2CC(=O)[C@@H](N)C2(c3ccc(F)c(F)c3)CCOCC2)N1S(=O)(=O)c1ccccc1. The highest BCUT2D eigenvalue weighted by atomic mass is 32.2. The van der Waals surface area contributed by atoms with Gasteiger partial charge in [-0.2, -0.15) is 4.31 Å². The molecular formula is C33H38F3N3O4S. The topological polar surface area (TPSA) is 102 Å². The number of hydrogen-bond acceptors (Lipinski definition) is 6. The van der Waals surface area contributed by atoms with E-state index in [2.05, 4.69) is 5.32 Å². The van der Waals surface area contributed by atoms with E-state index in [4.69, 9.17) is 10.5 Å². The van der Waals surface area contributed by atoms with E-state index in [1.807, 2.05) is 6.92 Å². The van der Waals surface area contributed by atoms with Gasteiger partial charge in [-0.15, -0.1) is 0 Å². The number of ketones is 1. The summed E-state index contributed by atoms with van der Waals surface area (Å²) in [4.78, 5) is 13.9. The van der Waals surface area contributed by atoms with Crippen LogP contribution in [-0.2, 0) is 37.8 Å². The maximum absolute atomic E-state index is 15.3. The van der Waals surface area contributed by atoms with Gasteiger partial charge in [-0.25, -0.2) is 21.6 Å². The molecule has 3 atom stereocenters. The van der Waals surface area contributed by atoms with E-state index in [1.54, 1.807) is 36.4 Å². The molecule has 0 unspecified atom stereocenters. The number of rotatable bonds is 10. The molecule has 7 nitrogen and oxygen atoms in total. The van der Waals surface area contributed by atoms with Crippen molar-refractivity contribution in [2.24, 2.45) is 5.73 Å². The lowest BCUT2D eigenvalue weighted by Gasteiger charge is -2.41. The van der Waals surface area contributed by atoms with Gasteiger partial charge in [0.25, 0.3) is 0 Å². The lowest BCUT2D eigenvalue weighted by molar-refractivity contribution is -0.122. The summed E-state index contributed by atoms with van der Waals surface area (Å²) in [5.74, 6) is -2.85. The van der Waals surface area contributed by atoms with E-state index < -0.39 is 45.0 Å². The van der Waals surface area contributed by atoms with Crippen molar-refractivity contribution < 1.29 is 31.1 Å². The molecule has 5 rings (SSSR count). The van der Waals surface area contributed by atoms with Gasteiger partial charge in [0.05, 0.1) is 10.9 Å². The van der Waals surface area contributed by atoms with Crippen molar-refractivity contribution in [2.75, 3.05) is 26.3 Å². The number of carbonyl (C=O) groups excluding carboxylic acids is 1. The molecule has 3 N–H and O–H groups in total. The molecule has 0 aliphatic carbocycles. The number of ether oxygens (including phenoxy) is 1. The summed E-state index contributed by atoms with van der Waals surface area (Å²) in [6.07, 6.45) is 1.06. The molecule has 0 radical (unpaired) electrons. The Balaban J connectivity index is 1.37. The quantitative estimate of drug-likeness (QED) is 0.348. The number of halogens is 3. The maximum atomic E-state index is 15.3. The standard InChI is InChI=1S/C33H38F3N3O4S/c1-22-20-38-21-25(39(22)44(41,42)26-7-3-2-4-8-26)11-12-27-23(6-5-9-28(27)34)18-31(40)32(37)33(14-16-43-17-15-33)24-10-13-29(35)30(36)19-24/h2-10,13,19,22,25,32,38H,11-12,14-18,20-21,37H2,1H3/t22-,25-,32+/m0/s1. The van der Waals surface area contributed by atoms with Crippen LogP contribution in [0.25, 0.3) is 0 Å². The first-order valence-corrected chi connectivity index (χ1v) is 16.4. The van der Waals surface area contributed by atoms with Crippen LogP contribution >= 0.6 is 0 Å². The molecule has 44 heavy (non-hydrogen) atoms. The summed E-state index contributed by atoms with van der Waals surface area (Å²) in [5, 5.41) is 3.28. The zero-order valence-corrected chi connectivity index (χ0v) is 25.5. The van der Waals surface area contributed by atoms with Gasteiger partial charge in [0, 0.05) is 50.2 Å². The van der Waals surface area contributed by atoms with Crippen LogP contribution in [0.1, 0.15) is 42.9 Å². The van der Waals surface area contributed by atoms with Gasteiger partial charge >= 0.3 is 0 Å². The lowest BCUT2D eigenvalue weighted by atomic mass is 9.67. The smallest absolute Gasteiger partial charge is 0.243 e. The maximum Gasteiger partial charge on any atom is 0.243 e. The van der Waals surface area contributed by atoms with Gasteiger partial charge in [0.2, 0.25) is 10.0 Å². The van der Waals surface area contributed by atoms with Crippen molar-refractivity contribution in [1.29, 1.82) is 0 Å². The first-order valence-electron chi connectivity index (χ1n) is 14.9. The molecule has 3 aromatic carbocycles. The average Bonchev–Trinajstić information content (AvgIpc) is 3.02. The number of hydrogen-bond donors (Lipinski definition) is 2. The molecule has 0 aromatic heterocycles.